The van der Waals surface area contributed by atoms with Gasteiger partial charge < -0.3 is 5.32 Å². The molecule has 1 fully saturated rings. The first-order valence-corrected chi connectivity index (χ1v) is 4.15. The zero-order valence-electron chi connectivity index (χ0n) is 6.13. The van der Waals surface area contributed by atoms with Gasteiger partial charge in [-0.15, -0.1) is 0 Å². The number of hydrogen-bond donors (Lipinski definition) is 1. The monoisotopic (exact) mass is 171 g/mol. The first-order chi connectivity index (χ1) is 5.38. The number of nitrogens with zero attached hydrogens (tertiary/aromatic N) is 2. The van der Waals surface area contributed by atoms with E-state index in [1.54, 1.807) is 6.20 Å². The fourth-order valence-electron chi connectivity index (χ4n) is 1.42. The number of aromatic nitrogens is 2. The number of nitrogens with one attached hydrogen (secondary N) is 1. The molecule has 0 aliphatic carbocycles. The average molecular weight is 172 g/mol. The van der Waals surface area contributed by atoms with Crippen molar-refractivity contribution in [1.82, 2.24) is 15.1 Å². The van der Waals surface area contributed by atoms with E-state index in [9.17, 15) is 0 Å². The Kier molecular flexibility index (Phi) is 1.84. The summed E-state index contributed by atoms with van der Waals surface area (Å²) in [7, 11) is 0. The Hall–Kier alpha value is -0.540. The Bertz CT molecular complexity index is 240. The molecule has 0 bridgehead atoms. The summed E-state index contributed by atoms with van der Waals surface area (Å²) < 4.78 is 1.88. The molecule has 1 N–H and O–H groups in total. The summed E-state index contributed by atoms with van der Waals surface area (Å²) in [6, 6.07) is 2.28. The zero-order chi connectivity index (χ0) is 7.68. The van der Waals surface area contributed by atoms with Crippen molar-refractivity contribution in [3.05, 3.63) is 17.4 Å². The van der Waals surface area contributed by atoms with Gasteiger partial charge in [0.15, 0.2) is 0 Å². The maximum atomic E-state index is 5.89. The van der Waals surface area contributed by atoms with Crippen LogP contribution < -0.4 is 5.32 Å². The van der Waals surface area contributed by atoms with Crippen LogP contribution in [0.25, 0.3) is 0 Å². The van der Waals surface area contributed by atoms with E-state index in [1.807, 2.05) is 10.7 Å². The summed E-state index contributed by atoms with van der Waals surface area (Å²) >= 11 is 5.89. The molecule has 4 heteroatoms. The van der Waals surface area contributed by atoms with Crippen LogP contribution in [0.2, 0.25) is 5.15 Å². The molecule has 1 atom stereocenters. The molecule has 1 aromatic rings. The molecule has 2 rings (SSSR count). The second-order valence-electron chi connectivity index (χ2n) is 2.75. The van der Waals surface area contributed by atoms with Gasteiger partial charge in [-0.1, -0.05) is 11.6 Å². The topological polar surface area (TPSA) is 29.9 Å². The van der Waals surface area contributed by atoms with Crippen LogP contribution in [0.4, 0.5) is 0 Å². The van der Waals surface area contributed by atoms with Crippen LogP contribution in [-0.4, -0.2) is 22.9 Å². The van der Waals surface area contributed by atoms with E-state index in [0.717, 1.165) is 24.7 Å². The minimum atomic E-state index is 0.456. The predicted octanol–water partition coefficient (Wildman–Crippen LogP) is 1.07. The second kappa shape index (κ2) is 2.83. The van der Waals surface area contributed by atoms with Crippen molar-refractivity contribution in [3.8, 4) is 0 Å². The maximum absolute atomic E-state index is 5.89. The van der Waals surface area contributed by atoms with Gasteiger partial charge in [0.1, 0.15) is 5.15 Å². The van der Waals surface area contributed by atoms with E-state index >= 15 is 0 Å². The lowest BCUT2D eigenvalue weighted by atomic mass is 10.3. The quantitative estimate of drug-likeness (QED) is 0.685. The lowest BCUT2D eigenvalue weighted by Gasteiger charge is -2.09. The molecule has 1 aromatic heterocycles. The summed E-state index contributed by atoms with van der Waals surface area (Å²) in [6.07, 6.45) is 2.86. The summed E-state index contributed by atoms with van der Waals surface area (Å²) in [4.78, 5) is 0. The Morgan fingerprint density at radius 1 is 1.73 bits per heavy atom. The van der Waals surface area contributed by atoms with Gasteiger partial charge in [-0.2, -0.15) is 5.10 Å². The van der Waals surface area contributed by atoms with Gasteiger partial charge in [0.2, 0.25) is 0 Å². The minimum Gasteiger partial charge on any atom is -0.315 e. The Balaban J connectivity index is 2.21. The summed E-state index contributed by atoms with van der Waals surface area (Å²) in [5.41, 5.74) is 0. The highest BCUT2D eigenvalue weighted by Gasteiger charge is 2.18. The molecule has 11 heavy (non-hydrogen) atoms. The van der Waals surface area contributed by atoms with E-state index in [1.165, 1.54) is 0 Å². The van der Waals surface area contributed by atoms with Crippen molar-refractivity contribution in [2.45, 2.75) is 12.5 Å². The molecule has 0 amide bonds. The Morgan fingerprint density at radius 3 is 3.18 bits per heavy atom. The van der Waals surface area contributed by atoms with Crippen LogP contribution in [0, 0.1) is 0 Å². The molecule has 0 spiro atoms. The van der Waals surface area contributed by atoms with E-state index in [2.05, 4.69) is 10.4 Å². The molecular weight excluding hydrogens is 162 g/mol. The molecule has 0 aromatic carbocycles. The third-order valence-corrected chi connectivity index (χ3v) is 2.30. The molecule has 1 aliphatic heterocycles. The second-order valence-corrected chi connectivity index (χ2v) is 3.13. The maximum Gasteiger partial charge on any atom is 0.127 e. The van der Waals surface area contributed by atoms with Gasteiger partial charge in [0.25, 0.3) is 0 Å². The third kappa shape index (κ3) is 1.26. The molecule has 0 saturated carbocycles. The highest BCUT2D eigenvalue weighted by atomic mass is 35.5. The van der Waals surface area contributed by atoms with Crippen LogP contribution in [-0.2, 0) is 0 Å². The summed E-state index contributed by atoms with van der Waals surface area (Å²) in [5.74, 6) is 0. The molecule has 1 aliphatic rings. The number of rotatable bonds is 1. The zero-order valence-corrected chi connectivity index (χ0v) is 6.88. The fraction of sp³-hybridized carbons (Fsp3) is 0.571. The smallest absolute Gasteiger partial charge is 0.127 e. The molecule has 2 heterocycles. The van der Waals surface area contributed by atoms with Crippen molar-refractivity contribution < 1.29 is 0 Å². The van der Waals surface area contributed by atoms with E-state index in [4.69, 9.17) is 11.6 Å². The van der Waals surface area contributed by atoms with E-state index < -0.39 is 0 Å². The van der Waals surface area contributed by atoms with Gasteiger partial charge in [-0.25, -0.2) is 4.68 Å². The van der Waals surface area contributed by atoms with Crippen LogP contribution in [0.3, 0.4) is 0 Å². The van der Waals surface area contributed by atoms with Gasteiger partial charge in [-0.3, -0.25) is 0 Å². The fourth-order valence-corrected chi connectivity index (χ4v) is 1.65. The van der Waals surface area contributed by atoms with E-state index in [0.29, 0.717) is 6.04 Å². The van der Waals surface area contributed by atoms with Gasteiger partial charge in [0, 0.05) is 6.54 Å². The van der Waals surface area contributed by atoms with Gasteiger partial charge >= 0.3 is 0 Å². The first kappa shape index (κ1) is 7.13. The predicted molar refractivity (Wildman–Crippen MR) is 43.8 cm³/mol. The van der Waals surface area contributed by atoms with Crippen molar-refractivity contribution >= 4 is 11.6 Å². The van der Waals surface area contributed by atoms with Crippen molar-refractivity contribution in [2.75, 3.05) is 13.1 Å². The standard InChI is InChI=1S/C7H10ClN3/c8-7-2-4-10-11(7)6-1-3-9-5-6/h2,4,6,9H,1,3,5H2. The van der Waals surface area contributed by atoms with Crippen LogP contribution in [0.15, 0.2) is 12.3 Å². The lowest BCUT2D eigenvalue weighted by Crippen LogP contribution is -2.14. The molecule has 3 nitrogen and oxygen atoms in total. The highest BCUT2D eigenvalue weighted by molar-refractivity contribution is 6.29. The van der Waals surface area contributed by atoms with Gasteiger partial charge in [-0.05, 0) is 19.0 Å². The number of halogens is 1. The first-order valence-electron chi connectivity index (χ1n) is 3.77. The Labute approximate surface area is 70.3 Å². The number of hydrogen-bond acceptors (Lipinski definition) is 2. The van der Waals surface area contributed by atoms with Gasteiger partial charge in [0.05, 0.1) is 12.2 Å². The lowest BCUT2D eigenvalue weighted by molar-refractivity contribution is 0.491. The van der Waals surface area contributed by atoms with Crippen molar-refractivity contribution in [2.24, 2.45) is 0 Å². The van der Waals surface area contributed by atoms with Crippen LogP contribution in [0.1, 0.15) is 12.5 Å². The largest absolute Gasteiger partial charge is 0.315 e. The van der Waals surface area contributed by atoms with Crippen LogP contribution >= 0.6 is 11.6 Å². The molecule has 1 unspecified atom stereocenters. The minimum absolute atomic E-state index is 0.456. The SMILES string of the molecule is Clc1ccnn1C1CCNC1. The van der Waals surface area contributed by atoms with Crippen LogP contribution in [0.5, 0.6) is 0 Å². The third-order valence-electron chi connectivity index (χ3n) is 2.00. The Morgan fingerprint density at radius 2 is 2.64 bits per heavy atom. The molecule has 60 valence electrons. The molecular formula is C7H10ClN3. The van der Waals surface area contributed by atoms with E-state index in [-0.39, 0.29) is 0 Å². The van der Waals surface area contributed by atoms with Crippen molar-refractivity contribution in [1.29, 1.82) is 0 Å². The highest BCUT2D eigenvalue weighted by Crippen LogP contribution is 2.18. The molecule has 1 saturated heterocycles. The average Bonchev–Trinajstić information content (AvgIpc) is 2.55. The summed E-state index contributed by atoms with van der Waals surface area (Å²) in [6.45, 7) is 2.06. The normalized spacial score (nSPS) is 24.3. The molecule has 0 radical (unpaired) electrons. The van der Waals surface area contributed by atoms with Crippen molar-refractivity contribution in [3.63, 3.8) is 0 Å². The summed E-state index contributed by atoms with van der Waals surface area (Å²) in [5, 5.41) is 8.15.